The van der Waals surface area contributed by atoms with Crippen LogP contribution in [0.4, 0.5) is 17.1 Å². The van der Waals surface area contributed by atoms with Gasteiger partial charge in [-0.3, -0.25) is 0 Å². The maximum atomic E-state index is 2.67. The van der Waals surface area contributed by atoms with Crippen LogP contribution in [0.15, 0.2) is 261 Å². The average molecular weight is 914 g/mol. The molecule has 0 atom stereocenters. The van der Waals surface area contributed by atoms with E-state index in [9.17, 15) is 0 Å². The maximum Gasteiger partial charge on any atom is 0.0726 e. The van der Waals surface area contributed by atoms with Crippen molar-refractivity contribution in [2.24, 2.45) is 0 Å². The third-order valence-corrected chi connectivity index (χ3v) is 16.2. The molecular formula is C71H47N. The highest BCUT2D eigenvalue weighted by molar-refractivity contribution is 6.13. The van der Waals surface area contributed by atoms with Gasteiger partial charge in [0.15, 0.2) is 0 Å². The maximum absolute atomic E-state index is 2.67. The third-order valence-electron chi connectivity index (χ3n) is 16.2. The van der Waals surface area contributed by atoms with E-state index in [1.54, 1.807) is 0 Å². The van der Waals surface area contributed by atoms with Gasteiger partial charge in [-0.05, 0) is 136 Å². The van der Waals surface area contributed by atoms with E-state index in [-0.39, 0.29) is 0 Å². The molecule has 1 heteroatoms. The molecule has 0 saturated carbocycles. The second-order valence-corrected chi connectivity index (χ2v) is 19.8. The van der Waals surface area contributed by atoms with E-state index >= 15 is 0 Å². The fraction of sp³-hybridized carbons (Fsp3) is 0.0423. The lowest BCUT2D eigenvalue weighted by atomic mass is 9.70. The first-order valence-corrected chi connectivity index (χ1v) is 25.3. The Labute approximate surface area is 420 Å². The van der Waals surface area contributed by atoms with Crippen LogP contribution in [-0.4, -0.2) is 0 Å². The monoisotopic (exact) mass is 913 g/mol. The van der Waals surface area contributed by atoms with Crippen LogP contribution < -0.4 is 4.90 Å². The van der Waals surface area contributed by atoms with Crippen molar-refractivity contribution in [2.75, 3.05) is 4.90 Å². The van der Waals surface area contributed by atoms with E-state index in [4.69, 9.17) is 0 Å². The Bertz CT molecular complexity index is 4140. The molecule has 0 radical (unpaired) electrons. The Morgan fingerprint density at radius 3 is 1.32 bits per heavy atom. The molecule has 12 aromatic rings. The van der Waals surface area contributed by atoms with Gasteiger partial charge < -0.3 is 4.90 Å². The lowest BCUT2D eigenvalue weighted by Crippen LogP contribution is -2.26. The summed E-state index contributed by atoms with van der Waals surface area (Å²) in [5.74, 6) is 0. The molecule has 72 heavy (non-hydrogen) atoms. The molecule has 0 unspecified atom stereocenters. The van der Waals surface area contributed by atoms with Gasteiger partial charge in [-0.1, -0.05) is 243 Å². The van der Waals surface area contributed by atoms with Crippen molar-refractivity contribution < 1.29 is 0 Å². The van der Waals surface area contributed by atoms with Gasteiger partial charge in [-0.25, -0.2) is 0 Å². The third kappa shape index (κ3) is 5.83. The zero-order chi connectivity index (χ0) is 47.3. The Balaban J connectivity index is 1.10. The molecule has 0 aromatic heterocycles. The zero-order valence-corrected chi connectivity index (χ0v) is 39.7. The van der Waals surface area contributed by atoms with Crippen LogP contribution >= 0.6 is 0 Å². The summed E-state index contributed by atoms with van der Waals surface area (Å²) in [5.41, 5.74) is 26.2. The molecule has 0 saturated heterocycles. The Kier molecular flexibility index (Phi) is 9.07. The fourth-order valence-corrected chi connectivity index (χ4v) is 13.3. The normalized spacial score (nSPS) is 13.3. The minimum atomic E-state index is -0.506. The topological polar surface area (TPSA) is 3.24 Å². The van der Waals surface area contributed by atoms with Crippen molar-refractivity contribution >= 4 is 38.6 Å². The number of anilines is 3. The van der Waals surface area contributed by atoms with Gasteiger partial charge in [0.2, 0.25) is 0 Å². The molecule has 0 fully saturated rings. The quantitative estimate of drug-likeness (QED) is 0.170. The Hall–Kier alpha value is -9.04. The first kappa shape index (κ1) is 40.8. The predicted octanol–water partition coefficient (Wildman–Crippen LogP) is 18.3. The van der Waals surface area contributed by atoms with Gasteiger partial charge in [0.25, 0.3) is 0 Å². The lowest BCUT2D eigenvalue weighted by Gasteiger charge is -2.34. The molecule has 1 spiro atoms. The van der Waals surface area contributed by atoms with Gasteiger partial charge in [0, 0.05) is 16.7 Å². The van der Waals surface area contributed by atoms with Crippen molar-refractivity contribution in [1.82, 2.24) is 0 Å². The molecule has 15 rings (SSSR count). The summed E-state index contributed by atoms with van der Waals surface area (Å²) in [5, 5.41) is 4.89. The summed E-state index contributed by atoms with van der Waals surface area (Å²) >= 11 is 0. The minimum absolute atomic E-state index is 0.506. The number of rotatable bonds is 4. The number of benzene rings is 12. The second kappa shape index (κ2) is 16.0. The van der Waals surface area contributed by atoms with Gasteiger partial charge in [0.05, 0.1) is 22.5 Å². The van der Waals surface area contributed by atoms with Gasteiger partial charge in [-0.2, -0.15) is 0 Å². The van der Waals surface area contributed by atoms with Crippen LogP contribution in [0.1, 0.15) is 44.5 Å². The zero-order valence-electron chi connectivity index (χ0n) is 39.7. The van der Waals surface area contributed by atoms with Crippen LogP contribution in [-0.2, 0) is 18.3 Å². The molecule has 12 aromatic carbocycles. The SMILES string of the molecule is c1ccc2c(c1)Cc1ccccc1-c1c(cccc1N(c1cccc3c1-c1ccccc1C31c3ccccc3-c3ccccc31)c1ccc3ccccc3c1-c1cccc3ccccc13)Cc1ccccc1-2. The first-order chi connectivity index (χ1) is 35.8. The van der Waals surface area contributed by atoms with Crippen LogP contribution in [0.5, 0.6) is 0 Å². The molecule has 0 bridgehead atoms. The molecule has 336 valence electrons. The van der Waals surface area contributed by atoms with Gasteiger partial charge in [-0.15, -0.1) is 0 Å². The van der Waals surface area contributed by atoms with Crippen molar-refractivity contribution in [3.63, 3.8) is 0 Å². The summed E-state index contributed by atoms with van der Waals surface area (Å²) in [4.78, 5) is 2.67. The number of hydrogen-bond acceptors (Lipinski definition) is 1. The van der Waals surface area contributed by atoms with E-state index in [0.717, 1.165) is 29.9 Å². The van der Waals surface area contributed by atoms with Crippen molar-refractivity contribution in [2.45, 2.75) is 18.3 Å². The number of hydrogen-bond donors (Lipinski definition) is 0. The van der Waals surface area contributed by atoms with E-state index in [1.165, 1.54) is 122 Å². The molecule has 1 nitrogen and oxygen atoms in total. The molecule has 0 amide bonds. The Morgan fingerprint density at radius 2 is 0.639 bits per heavy atom. The summed E-state index contributed by atoms with van der Waals surface area (Å²) in [6.45, 7) is 0. The second-order valence-electron chi connectivity index (χ2n) is 19.8. The molecule has 0 heterocycles. The van der Waals surface area contributed by atoms with Crippen LogP contribution in [0.2, 0.25) is 0 Å². The molecule has 3 aliphatic rings. The fourth-order valence-electron chi connectivity index (χ4n) is 13.3. The largest absolute Gasteiger partial charge is 0.309 e. The highest BCUT2D eigenvalue weighted by atomic mass is 15.2. The van der Waals surface area contributed by atoms with Crippen molar-refractivity contribution in [3.8, 4) is 55.6 Å². The van der Waals surface area contributed by atoms with E-state index < -0.39 is 5.41 Å². The first-order valence-electron chi connectivity index (χ1n) is 25.3. The molecule has 0 N–H and O–H groups in total. The standard InChI is InChI=1S/C71H47N/c1-6-27-52-46(20-1)25-17-35-59(52)69-55-30-9-2-21-47(55)42-43-67(69)72(65-40-18-26-51-45-49-23-4-8-29-54(49)53-28-7-3-22-48(53)44-50-24-5-10-31-56(50)68(51)65)66-41-19-39-64-70(66)60-34-13-16-38-63(60)71(64)61-36-14-11-32-57(61)58-33-12-15-37-62(58)71/h1-43H,44-45H2. The van der Waals surface area contributed by atoms with Crippen LogP contribution in [0, 0.1) is 0 Å². The van der Waals surface area contributed by atoms with Crippen LogP contribution in [0.3, 0.4) is 0 Å². The average Bonchev–Trinajstić information content (AvgIpc) is 3.91. The summed E-state index contributed by atoms with van der Waals surface area (Å²) in [6, 6.07) is 98.5. The molecular weight excluding hydrogens is 867 g/mol. The van der Waals surface area contributed by atoms with Crippen molar-refractivity contribution in [1.29, 1.82) is 0 Å². The summed E-state index contributed by atoms with van der Waals surface area (Å²) in [7, 11) is 0. The van der Waals surface area contributed by atoms with Crippen molar-refractivity contribution in [3.05, 3.63) is 305 Å². The molecule has 3 aliphatic carbocycles. The van der Waals surface area contributed by atoms with Crippen LogP contribution in [0.25, 0.3) is 77.2 Å². The summed E-state index contributed by atoms with van der Waals surface area (Å²) in [6.07, 6.45) is 1.58. The number of fused-ring (bicyclic) bond motifs is 18. The van der Waals surface area contributed by atoms with Gasteiger partial charge in [0.1, 0.15) is 0 Å². The van der Waals surface area contributed by atoms with Gasteiger partial charge >= 0.3 is 0 Å². The highest BCUT2D eigenvalue weighted by Crippen LogP contribution is 2.65. The smallest absolute Gasteiger partial charge is 0.0726 e. The van der Waals surface area contributed by atoms with E-state index in [1.807, 2.05) is 0 Å². The number of nitrogens with zero attached hydrogens (tertiary/aromatic N) is 1. The van der Waals surface area contributed by atoms with E-state index in [2.05, 4.69) is 266 Å². The predicted molar refractivity (Wildman–Crippen MR) is 301 cm³/mol. The summed E-state index contributed by atoms with van der Waals surface area (Å²) < 4.78 is 0. The lowest BCUT2D eigenvalue weighted by molar-refractivity contribution is 0.794. The highest BCUT2D eigenvalue weighted by Gasteiger charge is 2.52. The minimum Gasteiger partial charge on any atom is -0.309 e. The Morgan fingerprint density at radius 1 is 0.236 bits per heavy atom. The molecule has 0 aliphatic heterocycles. The van der Waals surface area contributed by atoms with E-state index in [0.29, 0.717) is 0 Å².